The average Bonchev–Trinajstić information content (AvgIpc) is 2.62. The van der Waals surface area contributed by atoms with Gasteiger partial charge in [-0.3, -0.25) is 9.69 Å². The topological polar surface area (TPSA) is 60.0 Å². The van der Waals surface area contributed by atoms with Crippen molar-refractivity contribution in [2.75, 3.05) is 53.6 Å². The maximum absolute atomic E-state index is 11.9. The van der Waals surface area contributed by atoms with Gasteiger partial charge in [0.15, 0.2) is 11.5 Å². The smallest absolute Gasteiger partial charge is 0.220 e. The Morgan fingerprint density at radius 2 is 1.96 bits per heavy atom. The molecule has 1 aromatic rings. The lowest BCUT2D eigenvalue weighted by Crippen LogP contribution is -2.41. The summed E-state index contributed by atoms with van der Waals surface area (Å²) in [6.07, 6.45) is 2.20. The number of benzene rings is 1. The summed E-state index contributed by atoms with van der Waals surface area (Å²) in [5.74, 6) is 1.57. The van der Waals surface area contributed by atoms with Gasteiger partial charge >= 0.3 is 0 Å². The van der Waals surface area contributed by atoms with E-state index in [9.17, 15) is 4.79 Å². The molecule has 134 valence electrons. The number of hydrogen-bond donors (Lipinski definition) is 1. The van der Waals surface area contributed by atoms with Crippen molar-refractivity contribution < 1.29 is 19.0 Å². The molecular weight excluding hydrogens is 308 g/mol. The Bertz CT molecular complexity index is 516. The second kappa shape index (κ2) is 10.2. The molecule has 6 nitrogen and oxygen atoms in total. The second-order valence-electron chi connectivity index (χ2n) is 5.85. The molecule has 0 aromatic heterocycles. The number of amides is 1. The van der Waals surface area contributed by atoms with E-state index >= 15 is 0 Å². The fourth-order valence-electron chi connectivity index (χ4n) is 2.76. The lowest BCUT2D eigenvalue weighted by atomic mass is 10.1. The minimum atomic E-state index is 0.115. The molecule has 1 aromatic carbocycles. The van der Waals surface area contributed by atoms with E-state index in [4.69, 9.17) is 14.2 Å². The molecule has 0 saturated carbocycles. The summed E-state index contributed by atoms with van der Waals surface area (Å²) in [4.78, 5) is 14.2. The molecule has 0 radical (unpaired) electrons. The fraction of sp³-hybridized carbons (Fsp3) is 0.611. The largest absolute Gasteiger partial charge is 0.493 e. The third kappa shape index (κ3) is 6.02. The lowest BCUT2D eigenvalue weighted by Gasteiger charge is -2.26. The molecule has 0 aliphatic carbocycles. The first-order valence-corrected chi connectivity index (χ1v) is 8.50. The maximum atomic E-state index is 11.9. The first-order valence-electron chi connectivity index (χ1n) is 8.50. The maximum Gasteiger partial charge on any atom is 0.220 e. The number of carbonyl (C=O) groups is 1. The van der Waals surface area contributed by atoms with Crippen LogP contribution in [0.5, 0.6) is 11.5 Å². The van der Waals surface area contributed by atoms with Crippen molar-refractivity contribution in [1.82, 2.24) is 10.2 Å². The van der Waals surface area contributed by atoms with Gasteiger partial charge in [-0.2, -0.15) is 0 Å². The molecule has 1 aliphatic heterocycles. The van der Waals surface area contributed by atoms with Crippen LogP contribution in [-0.4, -0.2) is 64.4 Å². The summed E-state index contributed by atoms with van der Waals surface area (Å²) in [7, 11) is 3.25. The number of ether oxygens (including phenoxy) is 3. The Morgan fingerprint density at radius 1 is 1.21 bits per heavy atom. The van der Waals surface area contributed by atoms with Gasteiger partial charge in [0.1, 0.15) is 0 Å². The normalized spacial score (nSPS) is 15.1. The van der Waals surface area contributed by atoms with Crippen molar-refractivity contribution in [3.63, 3.8) is 0 Å². The molecule has 1 heterocycles. The van der Waals surface area contributed by atoms with Crippen LogP contribution >= 0.6 is 0 Å². The molecule has 1 amide bonds. The van der Waals surface area contributed by atoms with E-state index in [0.29, 0.717) is 13.0 Å². The van der Waals surface area contributed by atoms with Crippen molar-refractivity contribution in [2.24, 2.45) is 0 Å². The van der Waals surface area contributed by atoms with Crippen LogP contribution < -0.4 is 14.8 Å². The Morgan fingerprint density at radius 3 is 2.67 bits per heavy atom. The first kappa shape index (κ1) is 18.5. The molecule has 1 fully saturated rings. The molecule has 1 N–H and O–H groups in total. The van der Waals surface area contributed by atoms with Crippen LogP contribution in [0.2, 0.25) is 0 Å². The van der Waals surface area contributed by atoms with Crippen molar-refractivity contribution in [1.29, 1.82) is 0 Å². The number of carbonyl (C=O) groups excluding carboxylic acids is 1. The number of aryl methyl sites for hydroxylation is 1. The highest BCUT2D eigenvalue weighted by atomic mass is 16.5. The first-order chi connectivity index (χ1) is 11.7. The van der Waals surface area contributed by atoms with E-state index in [1.165, 1.54) is 0 Å². The number of rotatable bonds is 9. The van der Waals surface area contributed by atoms with Crippen molar-refractivity contribution >= 4 is 5.91 Å². The predicted octanol–water partition coefficient (Wildman–Crippen LogP) is 1.47. The zero-order valence-electron chi connectivity index (χ0n) is 14.7. The average molecular weight is 336 g/mol. The molecule has 0 atom stereocenters. The summed E-state index contributed by atoms with van der Waals surface area (Å²) in [5.41, 5.74) is 1.15. The van der Waals surface area contributed by atoms with Crippen LogP contribution in [0.3, 0.4) is 0 Å². The third-order valence-electron chi connectivity index (χ3n) is 4.17. The van der Waals surface area contributed by atoms with Gasteiger partial charge in [-0.1, -0.05) is 6.07 Å². The quantitative estimate of drug-likeness (QED) is 0.740. The minimum Gasteiger partial charge on any atom is -0.493 e. The summed E-state index contributed by atoms with van der Waals surface area (Å²) < 4.78 is 15.8. The van der Waals surface area contributed by atoms with Gasteiger partial charge in [-0.15, -0.1) is 0 Å². The Kier molecular flexibility index (Phi) is 7.85. The number of morpholine rings is 1. The highest BCUT2D eigenvalue weighted by molar-refractivity contribution is 5.75. The minimum absolute atomic E-state index is 0.115. The van der Waals surface area contributed by atoms with Gasteiger partial charge in [0.25, 0.3) is 0 Å². The van der Waals surface area contributed by atoms with Gasteiger partial charge in [-0.25, -0.2) is 0 Å². The molecule has 0 spiro atoms. The van der Waals surface area contributed by atoms with E-state index in [1.807, 2.05) is 18.2 Å². The fourth-order valence-corrected chi connectivity index (χ4v) is 2.76. The van der Waals surface area contributed by atoms with E-state index in [1.54, 1.807) is 14.2 Å². The van der Waals surface area contributed by atoms with E-state index in [0.717, 1.165) is 62.8 Å². The zero-order valence-corrected chi connectivity index (χ0v) is 14.7. The highest BCUT2D eigenvalue weighted by Crippen LogP contribution is 2.28. The van der Waals surface area contributed by atoms with Gasteiger partial charge in [0.05, 0.1) is 27.4 Å². The van der Waals surface area contributed by atoms with Crippen molar-refractivity contribution in [2.45, 2.75) is 19.3 Å². The second-order valence-corrected chi connectivity index (χ2v) is 5.85. The van der Waals surface area contributed by atoms with Crippen molar-refractivity contribution in [3.8, 4) is 11.5 Å². The summed E-state index contributed by atoms with van der Waals surface area (Å²) in [5, 5.41) is 2.99. The number of nitrogens with one attached hydrogen (secondary N) is 1. The van der Waals surface area contributed by atoms with Crippen molar-refractivity contribution in [3.05, 3.63) is 23.8 Å². The van der Waals surface area contributed by atoms with Crippen LogP contribution in [-0.2, 0) is 16.0 Å². The lowest BCUT2D eigenvalue weighted by molar-refractivity contribution is -0.121. The Hall–Kier alpha value is -1.79. The predicted molar refractivity (Wildman–Crippen MR) is 92.8 cm³/mol. The number of methoxy groups -OCH3 is 2. The molecule has 1 saturated heterocycles. The molecule has 2 rings (SSSR count). The van der Waals surface area contributed by atoms with Crippen LogP contribution in [0.25, 0.3) is 0 Å². The molecule has 6 heteroatoms. The zero-order chi connectivity index (χ0) is 17.2. The number of nitrogens with zero attached hydrogens (tertiary/aromatic N) is 1. The molecule has 0 unspecified atom stereocenters. The molecule has 1 aliphatic rings. The van der Waals surface area contributed by atoms with E-state index < -0.39 is 0 Å². The Balaban J connectivity index is 1.63. The van der Waals surface area contributed by atoms with Crippen LogP contribution in [0.4, 0.5) is 0 Å². The monoisotopic (exact) mass is 336 g/mol. The Labute approximate surface area is 144 Å². The summed E-state index contributed by atoms with van der Waals surface area (Å²) >= 11 is 0. The molecule has 24 heavy (non-hydrogen) atoms. The van der Waals surface area contributed by atoms with Gasteiger partial charge in [0.2, 0.25) is 5.91 Å². The number of hydrogen-bond acceptors (Lipinski definition) is 5. The SMILES string of the molecule is COc1ccc(CCCC(=O)NCCN2CCOCC2)cc1OC. The standard InChI is InChI=1S/C18H28N2O4/c1-22-16-7-6-15(14-17(16)23-2)4-3-5-18(21)19-8-9-20-10-12-24-13-11-20/h6-7,14H,3-5,8-13H2,1-2H3,(H,19,21). The van der Waals surface area contributed by atoms with Gasteiger partial charge in [0, 0.05) is 32.6 Å². The van der Waals surface area contributed by atoms with Crippen LogP contribution in [0, 0.1) is 0 Å². The summed E-state index contributed by atoms with van der Waals surface area (Å²) in [6.45, 7) is 5.09. The third-order valence-corrected chi connectivity index (χ3v) is 4.17. The molecular formula is C18H28N2O4. The van der Waals surface area contributed by atoms with Gasteiger partial charge < -0.3 is 19.5 Å². The van der Waals surface area contributed by atoms with E-state index in [2.05, 4.69) is 10.2 Å². The summed E-state index contributed by atoms with van der Waals surface area (Å²) in [6, 6.07) is 5.88. The van der Waals surface area contributed by atoms with Gasteiger partial charge in [-0.05, 0) is 30.5 Å². The highest BCUT2D eigenvalue weighted by Gasteiger charge is 2.10. The molecule has 0 bridgehead atoms. The van der Waals surface area contributed by atoms with E-state index in [-0.39, 0.29) is 5.91 Å². The van der Waals surface area contributed by atoms with Crippen LogP contribution in [0.15, 0.2) is 18.2 Å². The van der Waals surface area contributed by atoms with Crippen LogP contribution in [0.1, 0.15) is 18.4 Å².